The number of benzene rings is 2. The summed E-state index contributed by atoms with van der Waals surface area (Å²) in [5.74, 6) is 0.434. The largest absolute Gasteiger partial charge is 0.494 e. The molecule has 0 radical (unpaired) electrons. The molecular formula is C29H35N3O5. The van der Waals surface area contributed by atoms with E-state index in [0.717, 1.165) is 53.8 Å². The molecule has 8 heteroatoms. The number of ether oxygens (including phenoxy) is 3. The van der Waals surface area contributed by atoms with E-state index >= 15 is 0 Å². The van der Waals surface area contributed by atoms with Crippen molar-refractivity contribution in [3.63, 3.8) is 0 Å². The Balaban J connectivity index is 1.28. The second-order valence-electron chi connectivity index (χ2n) is 10.1. The van der Waals surface area contributed by atoms with Crippen LogP contribution in [0, 0.1) is 0 Å². The van der Waals surface area contributed by atoms with E-state index in [1.807, 2.05) is 63.2 Å². The van der Waals surface area contributed by atoms with Crippen LogP contribution in [-0.4, -0.2) is 78.9 Å². The van der Waals surface area contributed by atoms with Crippen LogP contribution in [0.25, 0.3) is 22.0 Å². The van der Waals surface area contributed by atoms with Crippen LogP contribution in [0.15, 0.2) is 54.7 Å². The summed E-state index contributed by atoms with van der Waals surface area (Å²) in [6, 6.07) is 15.5. The third kappa shape index (κ3) is 6.98. The van der Waals surface area contributed by atoms with Crippen LogP contribution in [0.5, 0.6) is 5.75 Å². The Morgan fingerprint density at radius 2 is 1.73 bits per heavy atom. The van der Waals surface area contributed by atoms with Crippen molar-refractivity contribution >= 4 is 23.0 Å². The predicted molar refractivity (Wildman–Crippen MR) is 143 cm³/mol. The van der Waals surface area contributed by atoms with Crippen LogP contribution in [0.2, 0.25) is 0 Å². The summed E-state index contributed by atoms with van der Waals surface area (Å²) in [7, 11) is 1.38. The van der Waals surface area contributed by atoms with Gasteiger partial charge in [-0.1, -0.05) is 24.3 Å². The molecule has 3 aromatic rings. The molecule has 1 aromatic heterocycles. The third-order valence-corrected chi connectivity index (χ3v) is 6.23. The Kier molecular flexibility index (Phi) is 8.28. The quantitative estimate of drug-likeness (QED) is 0.330. The minimum Gasteiger partial charge on any atom is -0.494 e. The molecule has 196 valence electrons. The monoisotopic (exact) mass is 505 g/mol. The van der Waals surface area contributed by atoms with Crippen molar-refractivity contribution in [1.82, 2.24) is 14.8 Å². The number of hydrogen-bond donors (Lipinski definition) is 0. The van der Waals surface area contributed by atoms with Crippen LogP contribution >= 0.6 is 0 Å². The summed E-state index contributed by atoms with van der Waals surface area (Å²) in [4.78, 5) is 32.8. The number of carbonyl (C=O) groups is 2. The second-order valence-corrected chi connectivity index (χ2v) is 10.1. The molecule has 37 heavy (non-hydrogen) atoms. The second kappa shape index (κ2) is 11.6. The number of rotatable bonds is 7. The Morgan fingerprint density at radius 3 is 2.46 bits per heavy atom. The molecule has 0 unspecified atom stereocenters. The van der Waals surface area contributed by atoms with Gasteiger partial charge in [0.05, 0.1) is 24.8 Å². The van der Waals surface area contributed by atoms with Gasteiger partial charge in [0.25, 0.3) is 0 Å². The van der Waals surface area contributed by atoms with Crippen molar-refractivity contribution in [2.24, 2.45) is 0 Å². The molecule has 1 amide bonds. The van der Waals surface area contributed by atoms with Gasteiger partial charge >= 0.3 is 12.1 Å². The summed E-state index contributed by atoms with van der Waals surface area (Å²) in [6.07, 6.45) is 2.28. The van der Waals surface area contributed by atoms with Gasteiger partial charge in [-0.25, -0.2) is 9.59 Å². The van der Waals surface area contributed by atoms with Gasteiger partial charge in [0.2, 0.25) is 0 Å². The van der Waals surface area contributed by atoms with E-state index in [1.54, 1.807) is 17.2 Å². The number of pyridine rings is 1. The highest BCUT2D eigenvalue weighted by atomic mass is 16.6. The third-order valence-electron chi connectivity index (χ3n) is 6.23. The fraction of sp³-hybridized carbons (Fsp3) is 0.414. The first-order valence-corrected chi connectivity index (χ1v) is 12.6. The van der Waals surface area contributed by atoms with Gasteiger partial charge in [-0.2, -0.15) is 0 Å². The van der Waals surface area contributed by atoms with E-state index in [4.69, 9.17) is 14.2 Å². The van der Waals surface area contributed by atoms with Crippen LogP contribution in [0.4, 0.5) is 4.79 Å². The Bertz CT molecular complexity index is 1250. The number of esters is 1. The maximum absolute atomic E-state index is 12.2. The Hall–Kier alpha value is -3.65. The molecule has 4 rings (SSSR count). The molecule has 0 aliphatic carbocycles. The Labute approximate surface area is 218 Å². The molecule has 1 aliphatic heterocycles. The lowest BCUT2D eigenvalue weighted by molar-refractivity contribution is 0.0142. The number of methoxy groups -OCH3 is 1. The maximum Gasteiger partial charge on any atom is 0.410 e. The first-order valence-electron chi connectivity index (χ1n) is 12.6. The minimum absolute atomic E-state index is 0.235. The molecule has 0 atom stereocenters. The summed E-state index contributed by atoms with van der Waals surface area (Å²) < 4.78 is 16.4. The molecular weight excluding hydrogens is 470 g/mol. The standard InChI is InChI=1S/C29H35N3O5/c1-29(2,3)37-28(34)32-16-14-31(15-17-32)13-6-18-36-23-8-5-7-21(19-23)22-9-10-24-25(27(33)35-4)11-12-30-26(24)20-22/h5,7-12,19-20H,6,13-18H2,1-4H3. The number of amides is 1. The lowest BCUT2D eigenvalue weighted by Crippen LogP contribution is -2.50. The van der Waals surface area contributed by atoms with E-state index in [1.165, 1.54) is 7.11 Å². The number of fused-ring (bicyclic) bond motifs is 1. The van der Waals surface area contributed by atoms with Gasteiger partial charge in [0.15, 0.2) is 0 Å². The summed E-state index contributed by atoms with van der Waals surface area (Å²) in [5.41, 5.74) is 2.78. The van der Waals surface area contributed by atoms with E-state index in [0.29, 0.717) is 25.3 Å². The minimum atomic E-state index is -0.470. The molecule has 2 aromatic carbocycles. The molecule has 1 aliphatic rings. The smallest absolute Gasteiger partial charge is 0.410 e. The van der Waals surface area contributed by atoms with Crippen LogP contribution in [0.3, 0.4) is 0 Å². The normalized spacial score (nSPS) is 14.4. The maximum atomic E-state index is 12.2. The first-order chi connectivity index (χ1) is 17.7. The van der Waals surface area contributed by atoms with Gasteiger partial charge in [0, 0.05) is 44.3 Å². The molecule has 2 heterocycles. The van der Waals surface area contributed by atoms with Crippen molar-refractivity contribution in [2.45, 2.75) is 32.8 Å². The molecule has 1 fully saturated rings. The van der Waals surface area contributed by atoms with E-state index in [2.05, 4.69) is 9.88 Å². The highest BCUT2D eigenvalue weighted by molar-refractivity contribution is 6.04. The first kappa shape index (κ1) is 26.4. The predicted octanol–water partition coefficient (Wildman–Crippen LogP) is 5.01. The number of carbonyl (C=O) groups excluding carboxylic acids is 2. The van der Waals surface area contributed by atoms with E-state index < -0.39 is 5.60 Å². The fourth-order valence-corrected chi connectivity index (χ4v) is 4.34. The zero-order chi connectivity index (χ0) is 26.4. The lowest BCUT2D eigenvalue weighted by atomic mass is 10.0. The van der Waals surface area contributed by atoms with E-state index in [9.17, 15) is 9.59 Å². The van der Waals surface area contributed by atoms with E-state index in [-0.39, 0.29) is 12.1 Å². The van der Waals surface area contributed by atoms with Gasteiger partial charge in [-0.3, -0.25) is 9.88 Å². The van der Waals surface area contributed by atoms with Crippen molar-refractivity contribution in [2.75, 3.05) is 46.4 Å². The molecule has 8 nitrogen and oxygen atoms in total. The van der Waals surface area contributed by atoms with Gasteiger partial charge in [-0.05, 0) is 62.6 Å². The van der Waals surface area contributed by atoms with Gasteiger partial charge in [-0.15, -0.1) is 0 Å². The summed E-state index contributed by atoms with van der Waals surface area (Å²) in [6.45, 7) is 10.2. The molecule has 0 saturated carbocycles. The molecule has 0 bridgehead atoms. The molecule has 0 spiro atoms. The van der Waals surface area contributed by atoms with Crippen molar-refractivity contribution in [1.29, 1.82) is 0 Å². The summed E-state index contributed by atoms with van der Waals surface area (Å²) >= 11 is 0. The molecule has 1 saturated heterocycles. The number of piperazine rings is 1. The average Bonchev–Trinajstić information content (AvgIpc) is 2.89. The van der Waals surface area contributed by atoms with Crippen molar-refractivity contribution in [3.05, 3.63) is 60.3 Å². The zero-order valence-corrected chi connectivity index (χ0v) is 22.0. The number of hydrogen-bond acceptors (Lipinski definition) is 7. The fourth-order valence-electron chi connectivity index (χ4n) is 4.34. The number of nitrogens with zero attached hydrogens (tertiary/aromatic N) is 3. The van der Waals surface area contributed by atoms with Crippen LogP contribution in [-0.2, 0) is 9.47 Å². The zero-order valence-electron chi connectivity index (χ0n) is 22.0. The molecule has 0 N–H and O–H groups in total. The highest BCUT2D eigenvalue weighted by Gasteiger charge is 2.25. The van der Waals surface area contributed by atoms with Crippen LogP contribution in [0.1, 0.15) is 37.6 Å². The number of aromatic nitrogens is 1. The lowest BCUT2D eigenvalue weighted by Gasteiger charge is -2.35. The topological polar surface area (TPSA) is 81.2 Å². The Morgan fingerprint density at radius 1 is 0.973 bits per heavy atom. The SMILES string of the molecule is COC(=O)c1ccnc2cc(-c3cccc(OCCCN4CCN(C(=O)OC(C)(C)C)CC4)c3)ccc12. The van der Waals surface area contributed by atoms with Crippen molar-refractivity contribution in [3.8, 4) is 16.9 Å². The van der Waals surface area contributed by atoms with Gasteiger partial charge < -0.3 is 19.1 Å². The van der Waals surface area contributed by atoms with Gasteiger partial charge in [0.1, 0.15) is 11.4 Å². The van der Waals surface area contributed by atoms with Crippen LogP contribution < -0.4 is 4.74 Å². The highest BCUT2D eigenvalue weighted by Crippen LogP contribution is 2.28. The summed E-state index contributed by atoms with van der Waals surface area (Å²) in [5, 5.41) is 0.762. The average molecular weight is 506 g/mol. The van der Waals surface area contributed by atoms with Crippen molar-refractivity contribution < 1.29 is 23.8 Å².